The highest BCUT2D eigenvalue weighted by Gasteiger charge is 2.36. The Morgan fingerprint density at radius 2 is 1.62 bits per heavy atom. The van der Waals surface area contributed by atoms with Gasteiger partial charge < -0.3 is 11.1 Å². The number of carbonyl (C=O) groups excluding carboxylic acids is 1. The number of nitrogens with two attached hydrogens (primary N) is 1. The number of carbonyl (C=O) groups is 1. The van der Waals surface area contributed by atoms with Gasteiger partial charge in [-0.2, -0.15) is 0 Å². The summed E-state index contributed by atoms with van der Waals surface area (Å²) in [5.74, 6) is 0.180. The largest absolute Gasteiger partial charge is 0.354 e. The third-order valence-corrected chi connectivity index (χ3v) is 4.92. The molecular weight excluding hydrogens is 262 g/mol. The lowest BCUT2D eigenvalue weighted by Gasteiger charge is -2.33. The van der Waals surface area contributed by atoms with Crippen molar-refractivity contribution in [3.63, 3.8) is 0 Å². The van der Waals surface area contributed by atoms with E-state index in [2.05, 4.69) is 37.9 Å². The molecular formula is C17H35N3O. The van der Waals surface area contributed by atoms with Crippen LogP contribution in [0.15, 0.2) is 0 Å². The maximum absolute atomic E-state index is 12.6. The van der Waals surface area contributed by atoms with Crippen molar-refractivity contribution in [1.82, 2.24) is 10.2 Å². The van der Waals surface area contributed by atoms with Crippen LogP contribution in [-0.4, -0.2) is 42.5 Å². The standard InChI is InChI=1S/C17H35N3O/c1-14(2)20(15(3)4)12-11-19-16(21)17(13-18)9-7-5-6-8-10-17/h14-15H,5-13,18H2,1-4H3,(H,19,21). The first kappa shape index (κ1) is 18.4. The van der Waals surface area contributed by atoms with E-state index in [-0.39, 0.29) is 11.3 Å². The van der Waals surface area contributed by atoms with Crippen molar-refractivity contribution in [3.05, 3.63) is 0 Å². The molecule has 0 saturated heterocycles. The Hall–Kier alpha value is -0.610. The molecule has 4 heteroatoms. The van der Waals surface area contributed by atoms with E-state index < -0.39 is 0 Å². The molecule has 21 heavy (non-hydrogen) atoms. The molecule has 0 aromatic rings. The number of nitrogens with zero attached hydrogens (tertiary/aromatic N) is 1. The van der Waals surface area contributed by atoms with Gasteiger partial charge in [0.1, 0.15) is 0 Å². The lowest BCUT2D eigenvalue weighted by molar-refractivity contribution is -0.131. The Morgan fingerprint density at radius 1 is 1.10 bits per heavy atom. The first-order valence-electron chi connectivity index (χ1n) is 8.67. The first-order chi connectivity index (χ1) is 9.93. The molecule has 0 unspecified atom stereocenters. The van der Waals surface area contributed by atoms with E-state index in [0.29, 0.717) is 18.6 Å². The lowest BCUT2D eigenvalue weighted by atomic mass is 9.79. The van der Waals surface area contributed by atoms with Crippen molar-refractivity contribution >= 4 is 5.91 Å². The topological polar surface area (TPSA) is 58.4 Å². The molecule has 0 atom stereocenters. The molecule has 1 amide bonds. The van der Waals surface area contributed by atoms with E-state index >= 15 is 0 Å². The van der Waals surface area contributed by atoms with Gasteiger partial charge in [0, 0.05) is 31.7 Å². The molecule has 1 saturated carbocycles. The smallest absolute Gasteiger partial charge is 0.227 e. The molecule has 0 spiro atoms. The van der Waals surface area contributed by atoms with E-state index in [1.807, 2.05) is 0 Å². The Balaban J connectivity index is 2.51. The van der Waals surface area contributed by atoms with Gasteiger partial charge in [-0.3, -0.25) is 9.69 Å². The summed E-state index contributed by atoms with van der Waals surface area (Å²) in [5.41, 5.74) is 5.66. The fourth-order valence-corrected chi connectivity index (χ4v) is 3.53. The molecule has 4 nitrogen and oxygen atoms in total. The monoisotopic (exact) mass is 297 g/mol. The molecule has 0 radical (unpaired) electrons. The summed E-state index contributed by atoms with van der Waals surface area (Å²) in [6.45, 7) is 10.9. The number of hydrogen-bond donors (Lipinski definition) is 2. The molecule has 0 bridgehead atoms. The quantitative estimate of drug-likeness (QED) is 0.710. The van der Waals surface area contributed by atoms with Gasteiger partial charge in [-0.15, -0.1) is 0 Å². The SMILES string of the molecule is CC(C)N(CCNC(=O)C1(CN)CCCCCC1)C(C)C. The van der Waals surface area contributed by atoms with Crippen molar-refractivity contribution in [3.8, 4) is 0 Å². The van der Waals surface area contributed by atoms with Crippen molar-refractivity contribution in [2.45, 2.75) is 78.3 Å². The van der Waals surface area contributed by atoms with Gasteiger partial charge in [-0.05, 0) is 40.5 Å². The summed E-state index contributed by atoms with van der Waals surface area (Å²) in [4.78, 5) is 15.0. The minimum Gasteiger partial charge on any atom is -0.354 e. The van der Waals surface area contributed by atoms with Crippen molar-refractivity contribution < 1.29 is 4.79 Å². The molecule has 1 aliphatic rings. The minimum absolute atomic E-state index is 0.180. The number of rotatable bonds is 7. The molecule has 124 valence electrons. The molecule has 0 aromatic carbocycles. The van der Waals surface area contributed by atoms with Crippen LogP contribution in [0.1, 0.15) is 66.2 Å². The summed E-state index contributed by atoms with van der Waals surface area (Å²) in [6, 6.07) is 1.01. The van der Waals surface area contributed by atoms with Crippen LogP contribution in [0.3, 0.4) is 0 Å². The van der Waals surface area contributed by atoms with Gasteiger partial charge >= 0.3 is 0 Å². The van der Waals surface area contributed by atoms with Gasteiger partial charge in [0.2, 0.25) is 5.91 Å². The van der Waals surface area contributed by atoms with E-state index in [9.17, 15) is 4.79 Å². The highest BCUT2D eigenvalue weighted by molar-refractivity contribution is 5.82. The summed E-state index contributed by atoms with van der Waals surface area (Å²) in [7, 11) is 0. The third-order valence-electron chi connectivity index (χ3n) is 4.92. The fourth-order valence-electron chi connectivity index (χ4n) is 3.53. The summed E-state index contributed by atoms with van der Waals surface area (Å²) >= 11 is 0. The summed E-state index contributed by atoms with van der Waals surface area (Å²) < 4.78 is 0. The van der Waals surface area contributed by atoms with E-state index in [0.717, 1.165) is 38.8 Å². The van der Waals surface area contributed by atoms with Crippen LogP contribution in [0, 0.1) is 5.41 Å². The Labute approximate surface area is 130 Å². The summed E-state index contributed by atoms with van der Waals surface area (Å²) in [5, 5.41) is 3.15. The Morgan fingerprint density at radius 3 is 2.05 bits per heavy atom. The van der Waals surface area contributed by atoms with Crippen LogP contribution < -0.4 is 11.1 Å². The normalized spacial score (nSPS) is 19.0. The fraction of sp³-hybridized carbons (Fsp3) is 0.941. The predicted octanol–water partition coefficient (Wildman–Crippen LogP) is 2.52. The molecule has 1 fully saturated rings. The Bertz CT molecular complexity index is 299. The van der Waals surface area contributed by atoms with Crippen LogP contribution in [0.4, 0.5) is 0 Å². The molecule has 0 aromatic heterocycles. The maximum Gasteiger partial charge on any atom is 0.227 e. The highest BCUT2D eigenvalue weighted by Crippen LogP contribution is 2.34. The van der Waals surface area contributed by atoms with Crippen LogP contribution in [0.2, 0.25) is 0 Å². The summed E-state index contributed by atoms with van der Waals surface area (Å²) in [6.07, 6.45) is 6.65. The van der Waals surface area contributed by atoms with Gasteiger partial charge in [-0.25, -0.2) is 0 Å². The van der Waals surface area contributed by atoms with Gasteiger partial charge in [-0.1, -0.05) is 25.7 Å². The van der Waals surface area contributed by atoms with Crippen molar-refractivity contribution in [2.75, 3.05) is 19.6 Å². The van der Waals surface area contributed by atoms with Gasteiger partial charge in [0.05, 0.1) is 5.41 Å². The first-order valence-corrected chi connectivity index (χ1v) is 8.67. The van der Waals surface area contributed by atoms with Crippen molar-refractivity contribution in [2.24, 2.45) is 11.1 Å². The number of amides is 1. The second kappa shape index (κ2) is 8.74. The van der Waals surface area contributed by atoms with Crippen LogP contribution >= 0.6 is 0 Å². The van der Waals surface area contributed by atoms with Crippen molar-refractivity contribution in [1.29, 1.82) is 0 Å². The lowest BCUT2D eigenvalue weighted by Crippen LogP contribution is -2.49. The molecule has 0 aliphatic heterocycles. The average Bonchev–Trinajstić information content (AvgIpc) is 2.68. The molecule has 1 rings (SSSR count). The minimum atomic E-state index is -0.309. The maximum atomic E-state index is 12.6. The van der Waals surface area contributed by atoms with Crippen LogP contribution in [-0.2, 0) is 4.79 Å². The van der Waals surface area contributed by atoms with Gasteiger partial charge in [0.25, 0.3) is 0 Å². The number of nitrogens with one attached hydrogen (secondary N) is 1. The van der Waals surface area contributed by atoms with E-state index in [1.54, 1.807) is 0 Å². The zero-order valence-electron chi connectivity index (χ0n) is 14.5. The second-order valence-electron chi connectivity index (χ2n) is 7.08. The van der Waals surface area contributed by atoms with E-state index in [4.69, 9.17) is 5.73 Å². The zero-order valence-corrected chi connectivity index (χ0v) is 14.5. The van der Waals surface area contributed by atoms with Crippen LogP contribution in [0.25, 0.3) is 0 Å². The molecule has 3 N–H and O–H groups in total. The second-order valence-corrected chi connectivity index (χ2v) is 7.08. The third kappa shape index (κ3) is 5.26. The number of hydrogen-bond acceptors (Lipinski definition) is 3. The van der Waals surface area contributed by atoms with E-state index in [1.165, 1.54) is 12.8 Å². The molecule has 1 aliphatic carbocycles. The molecule has 0 heterocycles. The highest BCUT2D eigenvalue weighted by atomic mass is 16.2. The predicted molar refractivity (Wildman–Crippen MR) is 89.2 cm³/mol. The van der Waals surface area contributed by atoms with Gasteiger partial charge in [0.15, 0.2) is 0 Å². The average molecular weight is 297 g/mol. The zero-order chi connectivity index (χ0) is 15.9. The van der Waals surface area contributed by atoms with Crippen LogP contribution in [0.5, 0.6) is 0 Å². The Kier molecular flexibility index (Phi) is 7.67.